The van der Waals surface area contributed by atoms with E-state index < -0.39 is 0 Å². The van der Waals surface area contributed by atoms with Gasteiger partial charge in [0.2, 0.25) is 0 Å². The van der Waals surface area contributed by atoms with Gasteiger partial charge >= 0.3 is 0 Å². The SMILES string of the molecule is COc1ccccc1N1CCN(C(=O)c2cc3c(-c4cnccc4OC(C)C)cc(C(C)C)c(F)c3[nH]2)CC1.COc1cccnc1N1CCN(C(=O)c2cc3c(-c4cnc5ccccc5c4OC)cc(C(C)C)c(F)c3[nH]2)CC1. The number of hydrogen-bond donors (Lipinski definition) is 2. The fraction of sp³-hybridized carbons (Fsp3) is 0.317. The summed E-state index contributed by atoms with van der Waals surface area (Å²) in [5.41, 5.74) is 7.36. The van der Waals surface area contributed by atoms with E-state index in [4.69, 9.17) is 18.9 Å². The van der Waals surface area contributed by atoms with Crippen molar-refractivity contribution in [3.63, 3.8) is 0 Å². The van der Waals surface area contributed by atoms with Crippen molar-refractivity contribution in [2.45, 2.75) is 59.5 Å². The van der Waals surface area contributed by atoms with Gasteiger partial charge in [0.1, 0.15) is 28.6 Å². The Balaban J connectivity index is 0.000000180. The van der Waals surface area contributed by atoms with E-state index in [9.17, 15) is 9.59 Å². The van der Waals surface area contributed by atoms with Crippen molar-refractivity contribution in [2.24, 2.45) is 0 Å². The minimum atomic E-state index is -0.349. The third kappa shape index (κ3) is 10.6. The Kier molecular flexibility index (Phi) is 15.9. The van der Waals surface area contributed by atoms with Crippen LogP contribution in [-0.4, -0.2) is 126 Å². The third-order valence-corrected chi connectivity index (χ3v) is 15.0. The normalized spacial score (nSPS) is 13.9. The largest absolute Gasteiger partial charge is 0.495 e. The topological polar surface area (TPSA) is 154 Å². The molecule has 11 rings (SSSR count). The van der Waals surface area contributed by atoms with Crippen LogP contribution in [0.15, 0.2) is 116 Å². The number of para-hydroxylation sites is 3. The Morgan fingerprint density at radius 1 is 0.537 bits per heavy atom. The molecule has 7 heterocycles. The summed E-state index contributed by atoms with van der Waals surface area (Å²) in [5.74, 6) is 2.48. The summed E-state index contributed by atoms with van der Waals surface area (Å²) in [5, 5.41) is 2.11. The maximum atomic E-state index is 15.9. The van der Waals surface area contributed by atoms with Crippen molar-refractivity contribution < 1.29 is 37.3 Å². The number of carbonyl (C=O) groups is 2. The number of nitrogens with one attached hydrogen (secondary N) is 2. The molecule has 0 unspecified atom stereocenters. The lowest BCUT2D eigenvalue weighted by Gasteiger charge is -2.36. The van der Waals surface area contributed by atoms with Gasteiger partial charge in [0.15, 0.2) is 23.2 Å². The van der Waals surface area contributed by atoms with Crippen molar-refractivity contribution in [1.29, 1.82) is 0 Å². The molecule has 2 aliphatic heterocycles. The number of ether oxygens (including phenoxy) is 4. The molecule has 5 aromatic heterocycles. The van der Waals surface area contributed by atoms with Gasteiger partial charge < -0.3 is 48.5 Å². The minimum absolute atomic E-state index is 0.0375. The van der Waals surface area contributed by atoms with Crippen LogP contribution in [0.4, 0.5) is 20.3 Å². The number of rotatable bonds is 13. The Morgan fingerprint density at radius 2 is 1.09 bits per heavy atom. The molecule has 15 nitrogen and oxygen atoms in total. The molecular weight excluding hydrogens is 1020 g/mol. The fourth-order valence-electron chi connectivity index (χ4n) is 10.8. The number of anilines is 2. The number of benzene rings is 4. The van der Waals surface area contributed by atoms with Gasteiger partial charge in [-0.05, 0) is 115 Å². The predicted octanol–water partition coefficient (Wildman–Crippen LogP) is 12.3. The summed E-state index contributed by atoms with van der Waals surface area (Å²) >= 11 is 0. The smallest absolute Gasteiger partial charge is 0.270 e. The Hall–Kier alpha value is -8.73. The van der Waals surface area contributed by atoms with Crippen LogP contribution in [0, 0.1) is 11.6 Å². The Bertz CT molecular complexity index is 3730. The molecule has 0 bridgehead atoms. The molecule has 2 N–H and O–H groups in total. The average molecular weight is 1080 g/mol. The van der Waals surface area contributed by atoms with Crippen molar-refractivity contribution in [1.82, 2.24) is 34.7 Å². The van der Waals surface area contributed by atoms with Gasteiger partial charge in [-0.3, -0.25) is 19.6 Å². The van der Waals surface area contributed by atoms with E-state index >= 15 is 8.78 Å². The van der Waals surface area contributed by atoms with Gasteiger partial charge in [0.25, 0.3) is 11.8 Å². The number of hydrogen-bond acceptors (Lipinski definition) is 11. The lowest BCUT2D eigenvalue weighted by molar-refractivity contribution is 0.0734. The molecule has 17 heteroatoms. The first-order chi connectivity index (χ1) is 38.7. The first kappa shape index (κ1) is 54.6. The number of aromatic nitrogens is 5. The number of aromatic amines is 2. The Morgan fingerprint density at radius 3 is 1.66 bits per heavy atom. The van der Waals surface area contributed by atoms with E-state index in [1.54, 1.807) is 63.1 Å². The van der Waals surface area contributed by atoms with E-state index in [2.05, 4.69) is 34.7 Å². The number of halogens is 2. The number of methoxy groups -OCH3 is 3. The highest BCUT2D eigenvalue weighted by Gasteiger charge is 2.30. The quantitative estimate of drug-likeness (QED) is 0.113. The number of pyridine rings is 3. The van der Waals surface area contributed by atoms with Crippen molar-refractivity contribution >= 4 is 56.0 Å². The molecule has 4 aromatic carbocycles. The van der Waals surface area contributed by atoms with Crippen LogP contribution in [0.25, 0.3) is 55.0 Å². The van der Waals surface area contributed by atoms with Crippen LogP contribution >= 0.6 is 0 Å². The van der Waals surface area contributed by atoms with E-state index in [0.29, 0.717) is 114 Å². The van der Waals surface area contributed by atoms with E-state index in [1.807, 2.05) is 125 Å². The van der Waals surface area contributed by atoms with Crippen molar-refractivity contribution in [2.75, 3.05) is 83.5 Å². The third-order valence-electron chi connectivity index (χ3n) is 15.0. The number of nitrogens with zero attached hydrogens (tertiary/aromatic N) is 7. The highest BCUT2D eigenvalue weighted by atomic mass is 19.1. The maximum absolute atomic E-state index is 15.9. The lowest BCUT2D eigenvalue weighted by Crippen LogP contribution is -2.49. The zero-order valence-corrected chi connectivity index (χ0v) is 46.7. The first-order valence-corrected chi connectivity index (χ1v) is 27.1. The molecule has 9 aromatic rings. The molecule has 0 atom stereocenters. The number of fused-ring (bicyclic) bond motifs is 3. The zero-order valence-electron chi connectivity index (χ0n) is 46.7. The van der Waals surface area contributed by atoms with Crippen LogP contribution in [-0.2, 0) is 0 Å². The van der Waals surface area contributed by atoms with E-state index in [1.165, 1.54) is 0 Å². The second kappa shape index (κ2) is 23.3. The van der Waals surface area contributed by atoms with Crippen LogP contribution < -0.4 is 28.7 Å². The van der Waals surface area contributed by atoms with Crippen LogP contribution in [0.3, 0.4) is 0 Å². The molecule has 2 amide bonds. The van der Waals surface area contributed by atoms with Gasteiger partial charge in [0.05, 0.1) is 49.7 Å². The van der Waals surface area contributed by atoms with Crippen molar-refractivity contribution in [3.05, 3.63) is 150 Å². The lowest BCUT2D eigenvalue weighted by atomic mass is 9.93. The molecule has 0 radical (unpaired) electrons. The van der Waals surface area contributed by atoms with Gasteiger partial charge in [-0.15, -0.1) is 0 Å². The highest BCUT2D eigenvalue weighted by molar-refractivity contribution is 6.07. The molecule has 80 heavy (non-hydrogen) atoms. The number of amides is 2. The molecule has 414 valence electrons. The second-order valence-corrected chi connectivity index (χ2v) is 20.9. The van der Waals surface area contributed by atoms with E-state index in [-0.39, 0.29) is 41.4 Å². The molecule has 2 saturated heterocycles. The second-order valence-electron chi connectivity index (χ2n) is 20.9. The van der Waals surface area contributed by atoms with Crippen LogP contribution in [0.2, 0.25) is 0 Å². The van der Waals surface area contributed by atoms with Gasteiger partial charge in [-0.25, -0.2) is 13.8 Å². The molecule has 0 saturated carbocycles. The maximum Gasteiger partial charge on any atom is 0.270 e. The number of H-pyrrole nitrogens is 2. The van der Waals surface area contributed by atoms with Crippen molar-refractivity contribution in [3.8, 4) is 45.3 Å². The van der Waals surface area contributed by atoms with Gasteiger partial charge in [-0.1, -0.05) is 52.0 Å². The number of carbonyl (C=O) groups excluding carboxylic acids is 2. The summed E-state index contributed by atoms with van der Waals surface area (Å²) < 4.78 is 54.5. The first-order valence-electron chi connectivity index (χ1n) is 27.1. The summed E-state index contributed by atoms with van der Waals surface area (Å²) in [6, 6.07) is 28.4. The molecular formula is C63H67F2N9O6. The molecule has 0 spiro atoms. The van der Waals surface area contributed by atoms with Crippen LogP contribution in [0.1, 0.15) is 85.5 Å². The molecule has 0 aliphatic carbocycles. The summed E-state index contributed by atoms with van der Waals surface area (Å²) in [6.07, 6.45) is 6.88. The average Bonchev–Trinajstić information content (AvgIpc) is 4.23. The van der Waals surface area contributed by atoms with Gasteiger partial charge in [-0.2, -0.15) is 0 Å². The minimum Gasteiger partial charge on any atom is -0.495 e. The fourth-order valence-corrected chi connectivity index (χ4v) is 10.8. The van der Waals surface area contributed by atoms with Gasteiger partial charge in [0, 0.05) is 104 Å². The summed E-state index contributed by atoms with van der Waals surface area (Å²) in [4.78, 5) is 54.9. The van der Waals surface area contributed by atoms with E-state index in [0.717, 1.165) is 50.4 Å². The highest BCUT2D eigenvalue weighted by Crippen LogP contribution is 2.43. The molecule has 2 fully saturated rings. The standard InChI is InChI=1S/C32H32FN5O3.C31H35FN4O3/c1-19(2)21-16-22(24-18-35-25-9-6-5-8-20(25)30(24)41-4)23-17-26(36-29(23)28(21)33)32(39)38-14-12-37(13-15-38)31-27(40-3)10-7-11-34-31;1-19(2)21-16-22(24-18-33-11-10-27(24)39-20(3)4)23-17-25(34-30(23)29(21)32)31(37)36-14-12-35(13-15-36)26-8-6-7-9-28(26)38-5/h5-11,16-19,36H,12-15H2,1-4H3;6-11,16-20,34H,12-15H2,1-5H3. The van der Waals surface area contributed by atoms with Crippen LogP contribution in [0.5, 0.6) is 23.0 Å². The number of piperazine rings is 2. The Labute approximate surface area is 464 Å². The molecule has 2 aliphatic rings. The monoisotopic (exact) mass is 1080 g/mol. The summed E-state index contributed by atoms with van der Waals surface area (Å²) in [7, 11) is 4.91. The predicted molar refractivity (Wildman–Crippen MR) is 311 cm³/mol. The zero-order chi connectivity index (χ0) is 56.4. The summed E-state index contributed by atoms with van der Waals surface area (Å²) in [6.45, 7) is 16.4.